The van der Waals surface area contributed by atoms with Gasteiger partial charge in [-0.25, -0.2) is 8.42 Å². The minimum Gasteiger partial charge on any atom is -0.375 e. The Hall–Kier alpha value is -2.48. The van der Waals surface area contributed by atoms with Gasteiger partial charge in [-0.05, 0) is 44.0 Å². The molecule has 0 amide bonds. The maximum absolute atomic E-state index is 11.6. The number of anilines is 1. The minimum atomic E-state index is -3.19. The molecule has 24 heavy (non-hydrogen) atoms. The van der Waals surface area contributed by atoms with Gasteiger partial charge in [0, 0.05) is 12.3 Å². The first-order valence-electron chi connectivity index (χ1n) is 7.51. The first-order chi connectivity index (χ1) is 11.3. The van der Waals surface area contributed by atoms with E-state index in [0.717, 1.165) is 22.5 Å². The van der Waals surface area contributed by atoms with Gasteiger partial charge in [0.05, 0.1) is 16.3 Å². The lowest BCUT2D eigenvalue weighted by Crippen LogP contribution is -2.11. The van der Waals surface area contributed by atoms with E-state index in [0.29, 0.717) is 10.5 Å². The number of nitrogens with one attached hydrogen (secondary N) is 1. The highest BCUT2D eigenvalue weighted by molar-refractivity contribution is 7.90. The zero-order chi connectivity index (χ0) is 17.5. The number of rotatable bonds is 4. The molecule has 0 aliphatic rings. The van der Waals surface area contributed by atoms with Crippen LogP contribution in [0.4, 0.5) is 5.69 Å². The molecule has 8 heteroatoms. The topological polar surface area (TPSA) is 89.2 Å². The van der Waals surface area contributed by atoms with E-state index in [4.69, 9.17) is 0 Å². The van der Waals surface area contributed by atoms with Gasteiger partial charge < -0.3 is 5.32 Å². The third-order valence-electron chi connectivity index (χ3n) is 4.10. The van der Waals surface area contributed by atoms with E-state index in [1.54, 1.807) is 23.0 Å². The van der Waals surface area contributed by atoms with E-state index >= 15 is 0 Å². The van der Waals surface area contributed by atoms with E-state index in [9.17, 15) is 8.42 Å². The van der Waals surface area contributed by atoms with Crippen molar-refractivity contribution in [2.24, 2.45) is 0 Å². The molecular formula is C16H19N5O2S. The molecule has 0 fully saturated rings. The molecular weight excluding hydrogens is 326 g/mol. The standard InChI is InChI=1S/C16H19N5O2S/c1-10-11(2)20-21-9-17-19-16(21)15(10)18-12(3)13-5-7-14(8-6-13)24(4,22)23/h5-9,12,18H,1-4H3. The van der Waals surface area contributed by atoms with Gasteiger partial charge >= 0.3 is 0 Å². The van der Waals surface area contributed by atoms with Crippen molar-refractivity contribution in [3.63, 3.8) is 0 Å². The van der Waals surface area contributed by atoms with Crippen molar-refractivity contribution in [2.45, 2.75) is 31.7 Å². The molecule has 2 heterocycles. The average Bonchev–Trinajstić information content (AvgIpc) is 2.98. The smallest absolute Gasteiger partial charge is 0.200 e. The molecule has 0 saturated carbocycles. The van der Waals surface area contributed by atoms with Crippen molar-refractivity contribution in [3.8, 4) is 0 Å². The van der Waals surface area contributed by atoms with E-state index < -0.39 is 9.84 Å². The number of benzene rings is 1. The molecule has 3 aromatic rings. The van der Waals surface area contributed by atoms with Crippen LogP contribution in [0.3, 0.4) is 0 Å². The first-order valence-corrected chi connectivity index (χ1v) is 9.40. The van der Waals surface area contributed by atoms with Crippen molar-refractivity contribution in [1.82, 2.24) is 19.8 Å². The Morgan fingerprint density at radius 1 is 1.17 bits per heavy atom. The van der Waals surface area contributed by atoms with Gasteiger partial charge in [0.15, 0.2) is 9.84 Å². The van der Waals surface area contributed by atoms with Crippen molar-refractivity contribution in [2.75, 3.05) is 11.6 Å². The van der Waals surface area contributed by atoms with Crippen LogP contribution >= 0.6 is 0 Å². The lowest BCUT2D eigenvalue weighted by molar-refractivity contribution is 0.602. The lowest BCUT2D eigenvalue weighted by atomic mass is 10.1. The molecule has 2 aromatic heterocycles. The van der Waals surface area contributed by atoms with Crippen molar-refractivity contribution in [1.29, 1.82) is 0 Å². The van der Waals surface area contributed by atoms with Crippen LogP contribution in [-0.4, -0.2) is 34.5 Å². The van der Waals surface area contributed by atoms with Crippen LogP contribution < -0.4 is 5.32 Å². The SMILES string of the molecule is Cc1nn2cnnc2c(NC(C)c2ccc(S(C)(=O)=O)cc2)c1C. The summed E-state index contributed by atoms with van der Waals surface area (Å²) in [4.78, 5) is 0.314. The van der Waals surface area contributed by atoms with Gasteiger partial charge in [-0.1, -0.05) is 12.1 Å². The van der Waals surface area contributed by atoms with Gasteiger partial charge in [0.2, 0.25) is 5.65 Å². The monoisotopic (exact) mass is 345 g/mol. The van der Waals surface area contributed by atoms with E-state index in [2.05, 4.69) is 20.6 Å². The molecule has 1 unspecified atom stereocenters. The molecule has 0 radical (unpaired) electrons. The highest BCUT2D eigenvalue weighted by Crippen LogP contribution is 2.27. The van der Waals surface area contributed by atoms with Crippen LogP contribution in [0.5, 0.6) is 0 Å². The molecule has 1 atom stereocenters. The molecule has 1 N–H and O–H groups in total. The van der Waals surface area contributed by atoms with Gasteiger partial charge in [-0.15, -0.1) is 10.2 Å². The molecule has 1 aromatic carbocycles. The summed E-state index contributed by atoms with van der Waals surface area (Å²) in [5.74, 6) is 0. The largest absolute Gasteiger partial charge is 0.375 e. The zero-order valence-electron chi connectivity index (χ0n) is 14.0. The molecule has 0 saturated heterocycles. The van der Waals surface area contributed by atoms with Gasteiger partial charge in [-0.2, -0.15) is 9.61 Å². The van der Waals surface area contributed by atoms with Crippen molar-refractivity contribution >= 4 is 21.2 Å². The third kappa shape index (κ3) is 2.96. The summed E-state index contributed by atoms with van der Waals surface area (Å²) in [6.45, 7) is 5.93. The van der Waals surface area contributed by atoms with Crippen LogP contribution in [-0.2, 0) is 9.84 Å². The molecule has 0 aliphatic carbocycles. The molecule has 3 rings (SSSR count). The number of fused-ring (bicyclic) bond motifs is 1. The summed E-state index contributed by atoms with van der Waals surface area (Å²) < 4.78 is 24.8. The first kappa shape index (κ1) is 16.4. The fourth-order valence-corrected chi connectivity index (χ4v) is 3.16. The van der Waals surface area contributed by atoms with Crippen LogP contribution in [0, 0.1) is 13.8 Å². The second-order valence-corrected chi connectivity index (χ2v) is 7.91. The Balaban J connectivity index is 1.94. The van der Waals surface area contributed by atoms with Crippen molar-refractivity contribution < 1.29 is 8.42 Å². The Kier molecular flexibility index (Phi) is 4.00. The number of hydrogen-bond acceptors (Lipinski definition) is 6. The Morgan fingerprint density at radius 2 is 1.83 bits per heavy atom. The summed E-state index contributed by atoms with van der Waals surface area (Å²) in [6.07, 6.45) is 2.77. The summed E-state index contributed by atoms with van der Waals surface area (Å²) >= 11 is 0. The normalized spacial score (nSPS) is 13.2. The van der Waals surface area contributed by atoms with Gasteiger partial charge in [-0.3, -0.25) is 0 Å². The highest BCUT2D eigenvalue weighted by atomic mass is 32.2. The Labute approximate surface area is 140 Å². The van der Waals surface area contributed by atoms with Gasteiger partial charge in [0.25, 0.3) is 0 Å². The molecule has 126 valence electrons. The number of sulfone groups is 1. The Bertz CT molecular complexity index is 993. The molecule has 0 aliphatic heterocycles. The van der Waals surface area contributed by atoms with Crippen LogP contribution in [0.1, 0.15) is 29.8 Å². The van der Waals surface area contributed by atoms with Crippen LogP contribution in [0.2, 0.25) is 0 Å². The quantitative estimate of drug-likeness (QED) is 0.780. The predicted molar refractivity (Wildman–Crippen MR) is 91.8 cm³/mol. The van der Waals surface area contributed by atoms with Gasteiger partial charge in [0.1, 0.15) is 6.33 Å². The molecule has 0 spiro atoms. The second kappa shape index (κ2) is 5.86. The highest BCUT2D eigenvalue weighted by Gasteiger charge is 2.15. The zero-order valence-corrected chi connectivity index (χ0v) is 14.8. The number of aromatic nitrogens is 4. The number of nitrogens with zero attached hydrogens (tertiary/aromatic N) is 4. The Morgan fingerprint density at radius 3 is 2.46 bits per heavy atom. The molecule has 7 nitrogen and oxygen atoms in total. The third-order valence-corrected chi connectivity index (χ3v) is 5.23. The minimum absolute atomic E-state index is 0.0281. The van der Waals surface area contributed by atoms with E-state index in [1.807, 2.05) is 32.9 Å². The van der Waals surface area contributed by atoms with E-state index in [-0.39, 0.29) is 6.04 Å². The fourth-order valence-electron chi connectivity index (χ4n) is 2.53. The van der Waals surface area contributed by atoms with Crippen LogP contribution in [0.15, 0.2) is 35.5 Å². The number of aryl methyl sites for hydroxylation is 1. The fraction of sp³-hybridized carbons (Fsp3) is 0.312. The lowest BCUT2D eigenvalue weighted by Gasteiger charge is -2.18. The molecule has 0 bridgehead atoms. The maximum Gasteiger partial charge on any atom is 0.200 e. The maximum atomic E-state index is 11.6. The average molecular weight is 345 g/mol. The van der Waals surface area contributed by atoms with Crippen molar-refractivity contribution in [3.05, 3.63) is 47.4 Å². The van der Waals surface area contributed by atoms with E-state index in [1.165, 1.54) is 6.26 Å². The van der Waals surface area contributed by atoms with Crippen LogP contribution in [0.25, 0.3) is 5.65 Å². The summed E-state index contributed by atoms with van der Waals surface area (Å²) in [6, 6.07) is 6.86. The summed E-state index contributed by atoms with van der Waals surface area (Å²) in [7, 11) is -3.19. The second-order valence-electron chi connectivity index (χ2n) is 5.89. The predicted octanol–water partition coefficient (Wildman–Crippen LogP) is 2.32. The summed E-state index contributed by atoms with van der Waals surface area (Å²) in [5, 5.41) is 15.9. The summed E-state index contributed by atoms with van der Waals surface area (Å²) in [5.41, 5.74) is 4.42. The number of hydrogen-bond donors (Lipinski definition) is 1.